The third-order valence-electron chi connectivity index (χ3n) is 3.25. The second kappa shape index (κ2) is 8.94. The van der Waals surface area contributed by atoms with Gasteiger partial charge in [-0.2, -0.15) is 0 Å². The summed E-state index contributed by atoms with van der Waals surface area (Å²) in [6.07, 6.45) is 0.420. The van der Waals surface area contributed by atoms with Crippen LogP contribution in [0.3, 0.4) is 0 Å². The number of carbonyl (C=O) groups is 1. The van der Waals surface area contributed by atoms with Crippen molar-refractivity contribution in [2.45, 2.75) is 12.5 Å². The van der Waals surface area contributed by atoms with Gasteiger partial charge in [-0.3, -0.25) is 9.69 Å². The first-order valence-corrected chi connectivity index (χ1v) is 6.77. The van der Waals surface area contributed by atoms with Crippen LogP contribution in [0.15, 0.2) is 24.3 Å². The quantitative estimate of drug-likeness (QED) is 0.857. The summed E-state index contributed by atoms with van der Waals surface area (Å²) in [4.78, 5) is 14.0. The van der Waals surface area contributed by atoms with Crippen molar-refractivity contribution >= 4 is 24.0 Å². The van der Waals surface area contributed by atoms with Gasteiger partial charge in [0.2, 0.25) is 5.91 Å². The number of nitrogens with one attached hydrogen (secondary N) is 1. The van der Waals surface area contributed by atoms with Gasteiger partial charge >= 0.3 is 0 Å². The van der Waals surface area contributed by atoms with Gasteiger partial charge in [-0.25, -0.2) is 4.39 Å². The van der Waals surface area contributed by atoms with Crippen molar-refractivity contribution in [2.75, 3.05) is 38.1 Å². The molecule has 0 aromatic heterocycles. The van der Waals surface area contributed by atoms with Crippen molar-refractivity contribution in [2.24, 2.45) is 5.73 Å². The number of amides is 1. The SMILES string of the molecule is Cl.NCC1CN(CCC(=O)Nc2cccc(F)c2)CCO1. The number of nitrogens with two attached hydrogens (primary N) is 1. The molecule has 0 bridgehead atoms. The number of rotatable bonds is 5. The molecule has 21 heavy (non-hydrogen) atoms. The molecular weight excluding hydrogens is 297 g/mol. The third-order valence-corrected chi connectivity index (χ3v) is 3.25. The third kappa shape index (κ3) is 5.97. The first kappa shape index (κ1) is 17.8. The van der Waals surface area contributed by atoms with E-state index in [9.17, 15) is 9.18 Å². The highest BCUT2D eigenvalue weighted by Gasteiger charge is 2.19. The van der Waals surface area contributed by atoms with Crippen LogP contribution in [0.5, 0.6) is 0 Å². The molecule has 1 aromatic rings. The highest BCUT2D eigenvalue weighted by atomic mass is 35.5. The van der Waals surface area contributed by atoms with Gasteiger partial charge in [0.15, 0.2) is 0 Å². The Morgan fingerprint density at radius 3 is 3.05 bits per heavy atom. The van der Waals surface area contributed by atoms with E-state index in [2.05, 4.69) is 10.2 Å². The van der Waals surface area contributed by atoms with Gasteiger partial charge in [-0.05, 0) is 18.2 Å². The smallest absolute Gasteiger partial charge is 0.225 e. The number of hydrogen-bond acceptors (Lipinski definition) is 4. The van der Waals surface area contributed by atoms with Crippen LogP contribution in [0.4, 0.5) is 10.1 Å². The van der Waals surface area contributed by atoms with E-state index < -0.39 is 0 Å². The molecule has 1 heterocycles. The minimum Gasteiger partial charge on any atom is -0.374 e. The topological polar surface area (TPSA) is 67.6 Å². The summed E-state index contributed by atoms with van der Waals surface area (Å²) >= 11 is 0. The molecule has 118 valence electrons. The molecule has 3 N–H and O–H groups in total. The van der Waals surface area contributed by atoms with Crippen LogP contribution in [-0.4, -0.2) is 49.7 Å². The van der Waals surface area contributed by atoms with Crippen LogP contribution in [0.25, 0.3) is 0 Å². The maximum Gasteiger partial charge on any atom is 0.225 e. The highest BCUT2D eigenvalue weighted by molar-refractivity contribution is 5.90. The Morgan fingerprint density at radius 2 is 2.33 bits per heavy atom. The minimum absolute atomic E-state index is 0. The molecule has 7 heteroatoms. The maximum absolute atomic E-state index is 13.0. The van der Waals surface area contributed by atoms with Crippen molar-refractivity contribution in [1.82, 2.24) is 4.90 Å². The number of anilines is 1. The highest BCUT2D eigenvalue weighted by Crippen LogP contribution is 2.10. The van der Waals surface area contributed by atoms with E-state index in [-0.39, 0.29) is 30.2 Å². The number of carbonyl (C=O) groups excluding carboxylic acids is 1. The van der Waals surface area contributed by atoms with Crippen molar-refractivity contribution in [3.05, 3.63) is 30.1 Å². The van der Waals surface area contributed by atoms with Crippen LogP contribution in [-0.2, 0) is 9.53 Å². The lowest BCUT2D eigenvalue weighted by Gasteiger charge is -2.32. The van der Waals surface area contributed by atoms with Crippen LogP contribution >= 0.6 is 12.4 Å². The molecular formula is C14H21ClFN3O2. The van der Waals surface area contributed by atoms with Gasteiger partial charge in [0.25, 0.3) is 0 Å². The van der Waals surface area contributed by atoms with E-state index in [1.165, 1.54) is 12.1 Å². The number of morpholine rings is 1. The fourth-order valence-electron chi connectivity index (χ4n) is 2.18. The van der Waals surface area contributed by atoms with Gasteiger partial charge < -0.3 is 15.8 Å². The summed E-state index contributed by atoms with van der Waals surface area (Å²) < 4.78 is 18.5. The Balaban J connectivity index is 0.00000220. The van der Waals surface area contributed by atoms with E-state index in [4.69, 9.17) is 10.5 Å². The first-order chi connectivity index (χ1) is 9.67. The van der Waals surface area contributed by atoms with Crippen LogP contribution in [0.2, 0.25) is 0 Å². The molecule has 0 saturated carbocycles. The molecule has 5 nitrogen and oxygen atoms in total. The molecule has 1 unspecified atom stereocenters. The molecule has 1 saturated heterocycles. The fourth-order valence-corrected chi connectivity index (χ4v) is 2.18. The molecule has 1 fully saturated rings. The standard InChI is InChI=1S/C14H20FN3O2.ClH/c15-11-2-1-3-12(8-11)17-14(19)4-5-18-6-7-20-13(9-16)10-18;/h1-3,8,13H,4-7,9-10,16H2,(H,17,19);1H. The Kier molecular flexibility index (Phi) is 7.60. The number of nitrogens with zero attached hydrogens (tertiary/aromatic N) is 1. The van der Waals surface area contributed by atoms with Crippen molar-refractivity contribution < 1.29 is 13.9 Å². The molecule has 2 rings (SSSR count). The van der Waals surface area contributed by atoms with Crippen molar-refractivity contribution in [3.63, 3.8) is 0 Å². The molecule has 1 atom stereocenters. The van der Waals surface area contributed by atoms with E-state index in [1.54, 1.807) is 12.1 Å². The van der Waals surface area contributed by atoms with Crippen LogP contribution in [0.1, 0.15) is 6.42 Å². The van der Waals surface area contributed by atoms with E-state index in [0.29, 0.717) is 31.8 Å². The average Bonchev–Trinajstić information content (AvgIpc) is 2.45. The van der Waals surface area contributed by atoms with Crippen molar-refractivity contribution in [1.29, 1.82) is 0 Å². The summed E-state index contributed by atoms with van der Waals surface area (Å²) in [5.41, 5.74) is 6.05. The lowest BCUT2D eigenvalue weighted by atomic mass is 10.2. The second-order valence-corrected chi connectivity index (χ2v) is 4.84. The molecule has 1 aromatic carbocycles. The lowest BCUT2D eigenvalue weighted by molar-refractivity contribution is -0.117. The zero-order valence-corrected chi connectivity index (χ0v) is 12.6. The fraction of sp³-hybridized carbons (Fsp3) is 0.500. The first-order valence-electron chi connectivity index (χ1n) is 6.77. The molecule has 0 aliphatic carbocycles. The van der Waals surface area contributed by atoms with Gasteiger partial charge in [0, 0.05) is 38.3 Å². The number of halogens is 2. The number of benzene rings is 1. The second-order valence-electron chi connectivity index (χ2n) is 4.84. The number of hydrogen-bond donors (Lipinski definition) is 2. The largest absolute Gasteiger partial charge is 0.374 e. The Morgan fingerprint density at radius 1 is 1.52 bits per heavy atom. The Labute approximate surface area is 130 Å². The normalized spacial score (nSPS) is 18.9. The van der Waals surface area contributed by atoms with Gasteiger partial charge in [-0.1, -0.05) is 6.07 Å². The monoisotopic (exact) mass is 317 g/mol. The summed E-state index contributed by atoms with van der Waals surface area (Å²) in [6, 6.07) is 5.88. The van der Waals surface area contributed by atoms with Crippen LogP contribution in [0, 0.1) is 5.82 Å². The zero-order chi connectivity index (χ0) is 14.4. The average molecular weight is 318 g/mol. The maximum atomic E-state index is 13.0. The molecule has 1 aliphatic heterocycles. The van der Waals surface area contributed by atoms with E-state index in [0.717, 1.165) is 13.1 Å². The number of ether oxygens (including phenoxy) is 1. The molecule has 0 radical (unpaired) electrons. The zero-order valence-electron chi connectivity index (χ0n) is 11.8. The van der Waals surface area contributed by atoms with Gasteiger partial charge in [0.1, 0.15) is 5.82 Å². The minimum atomic E-state index is -0.359. The summed E-state index contributed by atoms with van der Waals surface area (Å²) in [5, 5.41) is 2.69. The predicted octanol–water partition coefficient (Wildman–Crippen LogP) is 1.24. The predicted molar refractivity (Wildman–Crippen MR) is 82.1 cm³/mol. The van der Waals surface area contributed by atoms with Gasteiger partial charge in [0.05, 0.1) is 12.7 Å². The Bertz CT molecular complexity index is 462. The Hall–Kier alpha value is -1.21. The molecule has 0 spiro atoms. The summed E-state index contributed by atoms with van der Waals surface area (Å²) in [6.45, 7) is 3.36. The summed E-state index contributed by atoms with van der Waals surface area (Å²) in [5.74, 6) is -0.479. The molecule has 1 aliphatic rings. The summed E-state index contributed by atoms with van der Waals surface area (Å²) in [7, 11) is 0. The van der Waals surface area contributed by atoms with Crippen LogP contribution < -0.4 is 11.1 Å². The molecule has 1 amide bonds. The van der Waals surface area contributed by atoms with Gasteiger partial charge in [-0.15, -0.1) is 12.4 Å². The van der Waals surface area contributed by atoms with E-state index in [1.807, 2.05) is 0 Å². The lowest BCUT2D eigenvalue weighted by Crippen LogP contribution is -2.46. The van der Waals surface area contributed by atoms with E-state index >= 15 is 0 Å². The van der Waals surface area contributed by atoms with Crippen molar-refractivity contribution in [3.8, 4) is 0 Å².